The number of aromatic nitrogens is 1. The van der Waals surface area contributed by atoms with Crippen LogP contribution in [0.1, 0.15) is 10.4 Å². The molecule has 0 spiro atoms. The molecule has 0 aliphatic carbocycles. The van der Waals surface area contributed by atoms with Crippen LogP contribution < -0.4 is 10.9 Å². The van der Waals surface area contributed by atoms with Crippen molar-refractivity contribution >= 4 is 23.2 Å². The summed E-state index contributed by atoms with van der Waals surface area (Å²) in [6.45, 7) is 0. The second kappa shape index (κ2) is 6.50. The molecule has 0 saturated heterocycles. The Morgan fingerprint density at radius 3 is 2.43 bits per heavy atom. The fourth-order valence-electron chi connectivity index (χ4n) is 2.20. The van der Waals surface area contributed by atoms with Crippen LogP contribution >= 0.6 is 11.6 Å². The van der Waals surface area contributed by atoms with Crippen LogP contribution in [0.4, 0.5) is 5.69 Å². The lowest BCUT2D eigenvalue weighted by Gasteiger charge is -2.08. The number of hydrogen-bond acceptors (Lipinski definition) is 2. The standard InChI is InChI=1S/C18H13ClN2O2/c19-15-8-4-5-9-16(15)21-17(22)13-10-14(18(23)20-11-13)12-6-2-1-3-7-12/h1-11H,(H,20,23)(H,21,22). The number of hydrogen-bond donors (Lipinski definition) is 2. The van der Waals surface area contributed by atoms with Crippen molar-refractivity contribution in [2.75, 3.05) is 5.32 Å². The summed E-state index contributed by atoms with van der Waals surface area (Å²) in [7, 11) is 0. The minimum absolute atomic E-state index is 0.245. The highest BCUT2D eigenvalue weighted by Gasteiger charge is 2.11. The normalized spacial score (nSPS) is 10.3. The fourth-order valence-corrected chi connectivity index (χ4v) is 2.39. The Morgan fingerprint density at radius 1 is 1.00 bits per heavy atom. The first-order chi connectivity index (χ1) is 11.1. The van der Waals surface area contributed by atoms with Gasteiger partial charge < -0.3 is 10.3 Å². The Hall–Kier alpha value is -2.85. The number of amides is 1. The van der Waals surface area contributed by atoms with Crippen LogP contribution in [0.25, 0.3) is 11.1 Å². The molecule has 5 heteroatoms. The van der Waals surface area contributed by atoms with Crippen LogP contribution in [0.5, 0.6) is 0 Å². The molecule has 3 rings (SSSR count). The third-order valence-corrected chi connectivity index (χ3v) is 3.70. The molecule has 3 aromatic rings. The van der Waals surface area contributed by atoms with E-state index in [1.807, 2.05) is 30.3 Å². The molecule has 0 radical (unpaired) electrons. The summed E-state index contributed by atoms with van der Waals surface area (Å²) in [4.78, 5) is 27.0. The van der Waals surface area contributed by atoms with Gasteiger partial charge in [-0.3, -0.25) is 9.59 Å². The number of para-hydroxylation sites is 1. The van der Waals surface area contributed by atoms with Gasteiger partial charge in [0.25, 0.3) is 11.5 Å². The van der Waals surface area contributed by atoms with Gasteiger partial charge in [0.1, 0.15) is 0 Å². The Morgan fingerprint density at radius 2 is 1.70 bits per heavy atom. The van der Waals surface area contributed by atoms with E-state index in [1.54, 1.807) is 30.3 Å². The minimum atomic E-state index is -0.341. The molecule has 23 heavy (non-hydrogen) atoms. The molecule has 0 aliphatic heterocycles. The van der Waals surface area contributed by atoms with Crippen LogP contribution in [0, 0.1) is 0 Å². The van der Waals surface area contributed by atoms with Crippen LogP contribution in [0.2, 0.25) is 5.02 Å². The van der Waals surface area contributed by atoms with Crippen LogP contribution in [-0.2, 0) is 0 Å². The molecule has 1 heterocycles. The Balaban J connectivity index is 1.93. The van der Waals surface area contributed by atoms with Gasteiger partial charge in [-0.25, -0.2) is 0 Å². The molecule has 0 atom stereocenters. The maximum Gasteiger partial charge on any atom is 0.257 e. The van der Waals surface area contributed by atoms with Crippen LogP contribution in [0.3, 0.4) is 0 Å². The summed E-state index contributed by atoms with van der Waals surface area (Å²) in [6.07, 6.45) is 1.39. The summed E-state index contributed by atoms with van der Waals surface area (Å²) in [6, 6.07) is 17.7. The lowest BCUT2D eigenvalue weighted by molar-refractivity contribution is 0.102. The third kappa shape index (κ3) is 3.33. The molecule has 114 valence electrons. The summed E-state index contributed by atoms with van der Waals surface area (Å²) in [5, 5.41) is 3.18. The number of benzene rings is 2. The van der Waals surface area contributed by atoms with E-state index < -0.39 is 0 Å². The molecule has 0 saturated carbocycles. The monoisotopic (exact) mass is 324 g/mol. The van der Waals surface area contributed by atoms with Gasteiger partial charge in [-0.1, -0.05) is 54.1 Å². The van der Waals surface area contributed by atoms with Crippen molar-refractivity contribution in [2.45, 2.75) is 0 Å². The molecule has 0 bridgehead atoms. The van der Waals surface area contributed by atoms with Crippen molar-refractivity contribution in [3.8, 4) is 11.1 Å². The SMILES string of the molecule is O=C(Nc1ccccc1Cl)c1c[nH]c(=O)c(-c2ccccc2)c1. The molecule has 0 aliphatic rings. The maximum atomic E-state index is 12.4. The number of pyridine rings is 1. The minimum Gasteiger partial charge on any atom is -0.328 e. The van der Waals surface area contributed by atoms with Crippen molar-refractivity contribution in [3.63, 3.8) is 0 Å². The number of carbonyl (C=O) groups is 1. The van der Waals surface area contributed by atoms with E-state index in [9.17, 15) is 9.59 Å². The number of nitrogens with one attached hydrogen (secondary N) is 2. The van der Waals surface area contributed by atoms with Crippen LogP contribution in [0.15, 0.2) is 71.7 Å². The molecule has 1 amide bonds. The van der Waals surface area contributed by atoms with Gasteiger partial charge in [0, 0.05) is 11.8 Å². The molecule has 2 aromatic carbocycles. The average molecular weight is 325 g/mol. The maximum absolute atomic E-state index is 12.4. The number of anilines is 1. The van der Waals surface area contributed by atoms with E-state index in [2.05, 4.69) is 10.3 Å². The zero-order valence-corrected chi connectivity index (χ0v) is 12.8. The summed E-state index contributed by atoms with van der Waals surface area (Å²) < 4.78 is 0. The highest BCUT2D eigenvalue weighted by molar-refractivity contribution is 6.33. The van der Waals surface area contributed by atoms with Gasteiger partial charge in [0.05, 0.1) is 16.3 Å². The summed E-state index contributed by atoms with van der Waals surface area (Å²) in [5.74, 6) is -0.341. The predicted molar refractivity (Wildman–Crippen MR) is 91.9 cm³/mol. The van der Waals surface area contributed by atoms with Crippen molar-refractivity contribution in [2.24, 2.45) is 0 Å². The second-order valence-corrected chi connectivity index (χ2v) is 5.34. The third-order valence-electron chi connectivity index (χ3n) is 3.37. The van der Waals surface area contributed by atoms with Crippen molar-refractivity contribution in [3.05, 3.63) is 87.8 Å². The Kier molecular flexibility index (Phi) is 4.26. The van der Waals surface area contributed by atoms with Crippen molar-refractivity contribution in [1.29, 1.82) is 0 Å². The number of aromatic amines is 1. The number of rotatable bonds is 3. The number of halogens is 1. The average Bonchev–Trinajstić information content (AvgIpc) is 2.58. The van der Waals surface area contributed by atoms with Crippen molar-refractivity contribution < 1.29 is 4.79 Å². The molecular weight excluding hydrogens is 312 g/mol. The van der Waals surface area contributed by atoms with Crippen LogP contribution in [-0.4, -0.2) is 10.9 Å². The topological polar surface area (TPSA) is 62.0 Å². The Labute approximate surface area is 137 Å². The summed E-state index contributed by atoms with van der Waals surface area (Å²) in [5.41, 5.74) is 1.82. The molecule has 2 N–H and O–H groups in total. The van der Waals surface area contributed by atoms with Gasteiger partial charge in [-0.05, 0) is 23.8 Å². The first-order valence-corrected chi connectivity index (χ1v) is 7.37. The molecule has 4 nitrogen and oxygen atoms in total. The zero-order chi connectivity index (χ0) is 16.2. The highest BCUT2D eigenvalue weighted by Crippen LogP contribution is 2.22. The fraction of sp³-hybridized carbons (Fsp3) is 0. The lowest BCUT2D eigenvalue weighted by atomic mass is 10.1. The lowest BCUT2D eigenvalue weighted by Crippen LogP contribution is -2.16. The molecular formula is C18H13ClN2O2. The highest BCUT2D eigenvalue weighted by atomic mass is 35.5. The first kappa shape index (κ1) is 15.1. The smallest absolute Gasteiger partial charge is 0.257 e. The van der Waals surface area contributed by atoms with E-state index >= 15 is 0 Å². The van der Waals surface area contributed by atoms with Gasteiger partial charge in [-0.15, -0.1) is 0 Å². The number of carbonyl (C=O) groups excluding carboxylic acids is 1. The zero-order valence-electron chi connectivity index (χ0n) is 12.0. The molecule has 1 aromatic heterocycles. The largest absolute Gasteiger partial charge is 0.328 e. The summed E-state index contributed by atoms with van der Waals surface area (Å²) >= 11 is 6.04. The van der Waals surface area contributed by atoms with E-state index in [-0.39, 0.29) is 11.5 Å². The van der Waals surface area contributed by atoms with E-state index in [1.165, 1.54) is 6.20 Å². The van der Waals surface area contributed by atoms with E-state index in [4.69, 9.17) is 11.6 Å². The van der Waals surface area contributed by atoms with Crippen molar-refractivity contribution in [1.82, 2.24) is 4.98 Å². The van der Waals surface area contributed by atoms with Gasteiger partial charge in [-0.2, -0.15) is 0 Å². The molecule has 0 fully saturated rings. The van der Waals surface area contributed by atoms with Gasteiger partial charge >= 0.3 is 0 Å². The van der Waals surface area contributed by atoms with Gasteiger partial charge in [0.2, 0.25) is 0 Å². The predicted octanol–water partition coefficient (Wildman–Crippen LogP) is 3.95. The van der Waals surface area contributed by atoms with Gasteiger partial charge in [0.15, 0.2) is 0 Å². The second-order valence-electron chi connectivity index (χ2n) is 4.93. The Bertz CT molecular complexity index is 904. The quantitative estimate of drug-likeness (QED) is 0.766. The molecule has 0 unspecified atom stereocenters. The van der Waals surface area contributed by atoms with E-state index in [0.29, 0.717) is 21.8 Å². The number of H-pyrrole nitrogens is 1. The van der Waals surface area contributed by atoms with E-state index in [0.717, 1.165) is 5.56 Å². The first-order valence-electron chi connectivity index (χ1n) is 6.99.